The van der Waals surface area contributed by atoms with Crippen LogP contribution >= 0.6 is 34.5 Å². The average molecular weight is 425 g/mol. The molecule has 2 heterocycles. The van der Waals surface area contributed by atoms with Crippen LogP contribution < -0.4 is 10.6 Å². The van der Waals surface area contributed by atoms with Crippen molar-refractivity contribution in [2.24, 2.45) is 0 Å². The number of amides is 2. The molecule has 0 radical (unpaired) electrons. The van der Waals surface area contributed by atoms with Gasteiger partial charge in [0.15, 0.2) is 5.13 Å². The number of nitrogens with zero attached hydrogens (tertiary/aromatic N) is 2. The summed E-state index contributed by atoms with van der Waals surface area (Å²) >= 11 is 13.7. The van der Waals surface area contributed by atoms with Crippen molar-refractivity contribution >= 4 is 45.7 Å². The van der Waals surface area contributed by atoms with Crippen molar-refractivity contribution in [1.29, 1.82) is 0 Å². The Hall–Kier alpha value is -1.34. The monoisotopic (exact) mass is 424 g/mol. The van der Waals surface area contributed by atoms with Gasteiger partial charge in [-0.2, -0.15) is 0 Å². The minimum absolute atomic E-state index is 0.138. The number of carbonyl (C=O) groups excluding carboxylic acids is 1. The van der Waals surface area contributed by atoms with Crippen LogP contribution in [0, 0.1) is 0 Å². The molecule has 1 aliphatic heterocycles. The fourth-order valence-electron chi connectivity index (χ4n) is 3.72. The lowest BCUT2D eigenvalue weighted by atomic mass is 10.1. The lowest BCUT2D eigenvalue weighted by Crippen LogP contribution is -2.36. The minimum atomic E-state index is -0.138. The van der Waals surface area contributed by atoms with Gasteiger partial charge in [-0.1, -0.05) is 42.1 Å². The molecule has 8 heteroatoms. The predicted molar refractivity (Wildman–Crippen MR) is 111 cm³/mol. The van der Waals surface area contributed by atoms with Crippen LogP contribution in [-0.2, 0) is 19.5 Å². The van der Waals surface area contributed by atoms with Crippen LogP contribution in [0.3, 0.4) is 0 Å². The Balaban J connectivity index is 1.35. The summed E-state index contributed by atoms with van der Waals surface area (Å²) in [6.07, 6.45) is 5.44. The first-order valence-corrected chi connectivity index (χ1v) is 10.9. The Bertz CT molecular complexity index is 835. The number of carbonyl (C=O) groups is 1. The van der Waals surface area contributed by atoms with Gasteiger partial charge in [0, 0.05) is 37.0 Å². The van der Waals surface area contributed by atoms with Crippen LogP contribution in [0.2, 0.25) is 10.0 Å². The molecule has 1 aromatic carbocycles. The van der Waals surface area contributed by atoms with Crippen LogP contribution in [0.5, 0.6) is 0 Å². The summed E-state index contributed by atoms with van der Waals surface area (Å²) in [7, 11) is 0. The molecule has 0 unspecified atom stereocenters. The Morgan fingerprint density at radius 3 is 2.85 bits per heavy atom. The number of nitrogens with one attached hydrogen (secondary N) is 2. The lowest BCUT2D eigenvalue weighted by molar-refractivity contribution is 0.247. The van der Waals surface area contributed by atoms with Crippen molar-refractivity contribution in [2.45, 2.75) is 51.2 Å². The number of aromatic nitrogens is 1. The molecule has 2 N–H and O–H groups in total. The van der Waals surface area contributed by atoms with Gasteiger partial charge in [0.25, 0.3) is 0 Å². The first-order valence-electron chi connectivity index (χ1n) is 9.29. The highest BCUT2D eigenvalue weighted by Gasteiger charge is 2.22. The molecule has 1 aliphatic carbocycles. The summed E-state index contributed by atoms with van der Waals surface area (Å²) in [4.78, 5) is 20.4. The molecule has 2 amide bonds. The van der Waals surface area contributed by atoms with E-state index in [4.69, 9.17) is 23.2 Å². The Morgan fingerprint density at radius 1 is 1.26 bits per heavy atom. The molecule has 1 fully saturated rings. The van der Waals surface area contributed by atoms with E-state index in [0.29, 0.717) is 21.2 Å². The number of fused-ring (bicyclic) bond motifs is 1. The number of hydrogen-bond acceptors (Lipinski definition) is 4. The van der Waals surface area contributed by atoms with Crippen molar-refractivity contribution < 1.29 is 4.79 Å². The zero-order valence-electron chi connectivity index (χ0n) is 14.9. The van der Waals surface area contributed by atoms with E-state index in [1.54, 1.807) is 11.3 Å². The van der Waals surface area contributed by atoms with E-state index in [9.17, 15) is 4.79 Å². The van der Waals surface area contributed by atoms with E-state index < -0.39 is 0 Å². The highest BCUT2D eigenvalue weighted by Crippen LogP contribution is 2.30. The molecule has 0 saturated heterocycles. The summed E-state index contributed by atoms with van der Waals surface area (Å²) in [5.41, 5.74) is 2.24. The number of rotatable bonds is 4. The fourth-order valence-corrected chi connectivity index (χ4v) is 5.09. The van der Waals surface area contributed by atoms with E-state index in [-0.39, 0.29) is 6.03 Å². The maximum atomic E-state index is 12.2. The summed E-state index contributed by atoms with van der Waals surface area (Å²) < 4.78 is 0. The van der Waals surface area contributed by atoms with E-state index in [2.05, 4.69) is 20.5 Å². The van der Waals surface area contributed by atoms with Gasteiger partial charge in [0.1, 0.15) is 0 Å². The molecule has 1 saturated carbocycles. The molecular weight excluding hydrogens is 403 g/mol. The van der Waals surface area contributed by atoms with Gasteiger partial charge in [0.2, 0.25) is 0 Å². The fraction of sp³-hybridized carbons (Fsp3) is 0.474. The third-order valence-electron chi connectivity index (χ3n) is 5.11. The molecule has 27 heavy (non-hydrogen) atoms. The average Bonchev–Trinajstić information content (AvgIpc) is 3.27. The summed E-state index contributed by atoms with van der Waals surface area (Å²) in [5.74, 6) is 0. The van der Waals surface area contributed by atoms with E-state index in [1.807, 2.05) is 18.2 Å². The van der Waals surface area contributed by atoms with Crippen molar-refractivity contribution in [3.05, 3.63) is 44.4 Å². The second-order valence-electron chi connectivity index (χ2n) is 7.18. The topological polar surface area (TPSA) is 57.3 Å². The van der Waals surface area contributed by atoms with Crippen molar-refractivity contribution in [3.63, 3.8) is 0 Å². The number of halogens is 2. The van der Waals surface area contributed by atoms with Crippen LogP contribution in [0.15, 0.2) is 18.2 Å². The van der Waals surface area contributed by atoms with Crippen molar-refractivity contribution in [3.8, 4) is 0 Å². The van der Waals surface area contributed by atoms with E-state index in [1.165, 1.54) is 17.7 Å². The largest absolute Gasteiger partial charge is 0.335 e. The zero-order chi connectivity index (χ0) is 18.8. The molecule has 144 valence electrons. The predicted octanol–water partition coefficient (Wildman–Crippen LogP) is 5.07. The lowest BCUT2D eigenvalue weighted by Gasteiger charge is -2.25. The van der Waals surface area contributed by atoms with Gasteiger partial charge in [-0.25, -0.2) is 9.78 Å². The molecule has 0 atom stereocenters. The highest BCUT2D eigenvalue weighted by atomic mass is 35.5. The molecule has 2 aromatic rings. The molecule has 2 aliphatic rings. The maximum absolute atomic E-state index is 12.2. The third kappa shape index (κ3) is 4.74. The Morgan fingerprint density at radius 2 is 2.07 bits per heavy atom. The summed E-state index contributed by atoms with van der Waals surface area (Å²) in [6.45, 7) is 2.59. The van der Waals surface area contributed by atoms with Gasteiger partial charge in [-0.05, 0) is 30.5 Å². The van der Waals surface area contributed by atoms with Gasteiger partial charge in [-0.15, -0.1) is 11.3 Å². The van der Waals surface area contributed by atoms with Crippen LogP contribution in [0.1, 0.15) is 41.8 Å². The van der Waals surface area contributed by atoms with Crippen LogP contribution in [0.25, 0.3) is 0 Å². The minimum Gasteiger partial charge on any atom is -0.335 e. The second kappa shape index (κ2) is 8.35. The first-order chi connectivity index (χ1) is 13.1. The quantitative estimate of drug-likeness (QED) is 0.719. The molecular formula is C19H22Cl2N4OS. The maximum Gasteiger partial charge on any atom is 0.321 e. The van der Waals surface area contributed by atoms with Crippen LogP contribution in [-0.4, -0.2) is 28.5 Å². The molecule has 5 nitrogen and oxygen atoms in total. The molecule has 0 spiro atoms. The van der Waals surface area contributed by atoms with Crippen LogP contribution in [0.4, 0.5) is 9.93 Å². The summed E-state index contributed by atoms with van der Waals surface area (Å²) in [5, 5.41) is 7.81. The van der Waals surface area contributed by atoms with Crippen molar-refractivity contribution in [2.75, 3.05) is 11.9 Å². The van der Waals surface area contributed by atoms with E-state index in [0.717, 1.165) is 50.2 Å². The number of thiazole rings is 1. The molecule has 1 aromatic heterocycles. The Labute approximate surface area is 173 Å². The van der Waals surface area contributed by atoms with Crippen molar-refractivity contribution in [1.82, 2.24) is 15.2 Å². The number of anilines is 1. The second-order valence-corrected chi connectivity index (χ2v) is 9.08. The van der Waals surface area contributed by atoms with E-state index >= 15 is 0 Å². The number of urea groups is 1. The van der Waals surface area contributed by atoms with Gasteiger partial charge < -0.3 is 5.32 Å². The third-order valence-corrected chi connectivity index (χ3v) is 6.85. The summed E-state index contributed by atoms with van der Waals surface area (Å²) in [6, 6.07) is 5.94. The van der Waals surface area contributed by atoms with Gasteiger partial charge in [-0.3, -0.25) is 10.2 Å². The molecule has 0 bridgehead atoms. The first kappa shape index (κ1) is 19.0. The molecule has 4 rings (SSSR count). The normalized spacial score (nSPS) is 17.7. The Kier molecular flexibility index (Phi) is 5.88. The number of hydrogen-bond donors (Lipinski definition) is 2. The van der Waals surface area contributed by atoms with Gasteiger partial charge >= 0.3 is 6.03 Å². The highest BCUT2D eigenvalue weighted by molar-refractivity contribution is 7.15. The smallest absolute Gasteiger partial charge is 0.321 e. The SMILES string of the molecule is O=C(Nc1nc2c(s1)CN(Cc1ccc(Cl)c(Cl)c1)CC2)NC1CCCC1. The standard InChI is InChI=1S/C19H22Cl2N4OS/c20-14-6-5-12(9-15(14)21)10-25-8-7-16-17(11-25)27-19(23-16)24-18(26)22-13-3-1-2-4-13/h5-6,9,13H,1-4,7-8,10-11H2,(H2,22,23,24,26). The zero-order valence-corrected chi connectivity index (χ0v) is 17.3. The number of benzene rings is 1. The van der Waals surface area contributed by atoms with Gasteiger partial charge in [0.05, 0.1) is 15.7 Å².